The Labute approximate surface area is 234 Å². The molecule has 9 nitrogen and oxygen atoms in total. The van der Waals surface area contributed by atoms with Crippen LogP contribution >= 0.6 is 0 Å². The fourth-order valence-electron chi connectivity index (χ4n) is 4.53. The van der Waals surface area contributed by atoms with E-state index >= 15 is 0 Å². The molecule has 2 amide bonds. The number of halogens is 1. The van der Waals surface area contributed by atoms with Gasteiger partial charge in [-0.2, -0.15) is 4.31 Å². The molecule has 0 bridgehead atoms. The summed E-state index contributed by atoms with van der Waals surface area (Å²) in [7, 11) is -0.880. The maximum Gasteiger partial charge on any atom is 0.321 e. The number of methoxy groups -OCH3 is 1. The topological polar surface area (TPSA) is 108 Å². The second kappa shape index (κ2) is 12.2. The van der Waals surface area contributed by atoms with Crippen LogP contribution in [0, 0.1) is 11.7 Å². The van der Waals surface area contributed by atoms with E-state index in [1.165, 1.54) is 33.5 Å². The quantitative estimate of drug-likeness (QED) is 0.434. The number of aliphatic hydroxyl groups is 1. The highest BCUT2D eigenvalue weighted by Gasteiger charge is 2.38. The van der Waals surface area contributed by atoms with E-state index in [1.807, 2.05) is 31.2 Å². The molecule has 0 fully saturated rings. The lowest BCUT2D eigenvalue weighted by molar-refractivity contribution is 0.0830. The van der Waals surface area contributed by atoms with Gasteiger partial charge in [0.25, 0.3) is 0 Å². The summed E-state index contributed by atoms with van der Waals surface area (Å²) in [5.74, 6) is -0.0973. The molecule has 1 aliphatic rings. The van der Waals surface area contributed by atoms with Crippen LogP contribution < -0.4 is 14.8 Å². The second-order valence-electron chi connectivity index (χ2n) is 9.92. The smallest absolute Gasteiger partial charge is 0.321 e. The minimum Gasteiger partial charge on any atom is -0.497 e. The van der Waals surface area contributed by atoms with E-state index in [0.717, 1.165) is 11.1 Å². The SMILES string of the molecule is COc1ccc(-c2ccc3c(c2)O[C@H](CN(C)C(=O)Nc2ccccc2F)[C@@H](C)CN([C@H](C)CO)S3(=O)=O)cc1. The summed E-state index contributed by atoms with van der Waals surface area (Å²) >= 11 is 0. The van der Waals surface area contributed by atoms with E-state index in [2.05, 4.69) is 5.32 Å². The van der Waals surface area contributed by atoms with Crippen molar-refractivity contribution in [2.45, 2.75) is 30.9 Å². The van der Waals surface area contributed by atoms with Crippen molar-refractivity contribution in [2.75, 3.05) is 39.2 Å². The van der Waals surface area contributed by atoms with Crippen LogP contribution in [-0.2, 0) is 10.0 Å². The van der Waals surface area contributed by atoms with Gasteiger partial charge in [-0.25, -0.2) is 17.6 Å². The summed E-state index contributed by atoms with van der Waals surface area (Å²) in [5, 5.41) is 12.4. The van der Waals surface area contributed by atoms with Crippen LogP contribution in [-0.4, -0.2) is 74.8 Å². The van der Waals surface area contributed by atoms with Gasteiger partial charge in [-0.1, -0.05) is 37.3 Å². The predicted octanol–water partition coefficient (Wildman–Crippen LogP) is 4.43. The Morgan fingerprint density at radius 1 is 1.18 bits per heavy atom. The number of anilines is 1. The maximum atomic E-state index is 14.1. The molecule has 11 heteroatoms. The van der Waals surface area contributed by atoms with Crippen LogP contribution in [0.25, 0.3) is 11.1 Å². The number of urea groups is 1. The van der Waals surface area contributed by atoms with Crippen LogP contribution in [0.15, 0.2) is 71.6 Å². The summed E-state index contributed by atoms with van der Waals surface area (Å²) < 4.78 is 54.4. The molecular weight excluding hydrogens is 537 g/mol. The van der Waals surface area contributed by atoms with Gasteiger partial charge in [0.05, 0.1) is 25.9 Å². The number of nitrogens with one attached hydrogen (secondary N) is 1. The lowest BCUT2D eigenvalue weighted by atomic mass is 10.0. The highest BCUT2D eigenvalue weighted by molar-refractivity contribution is 7.89. The first-order chi connectivity index (χ1) is 19.0. The van der Waals surface area contributed by atoms with Crippen LogP contribution in [0.2, 0.25) is 0 Å². The van der Waals surface area contributed by atoms with Gasteiger partial charge in [0.15, 0.2) is 0 Å². The number of aliphatic hydroxyl groups excluding tert-OH is 1. The first-order valence-electron chi connectivity index (χ1n) is 12.9. The maximum absolute atomic E-state index is 14.1. The molecule has 3 atom stereocenters. The van der Waals surface area contributed by atoms with Gasteiger partial charge in [-0.3, -0.25) is 0 Å². The van der Waals surface area contributed by atoms with Crippen LogP contribution in [0.1, 0.15) is 13.8 Å². The Morgan fingerprint density at radius 2 is 1.85 bits per heavy atom. The van der Waals surface area contributed by atoms with Crippen molar-refractivity contribution < 1.29 is 32.2 Å². The molecule has 0 unspecified atom stereocenters. The third kappa shape index (κ3) is 6.22. The number of carbonyl (C=O) groups is 1. The summed E-state index contributed by atoms with van der Waals surface area (Å²) in [6.45, 7) is 3.27. The third-order valence-corrected chi connectivity index (χ3v) is 9.03. The number of para-hydroxylation sites is 1. The van der Waals surface area contributed by atoms with E-state index in [9.17, 15) is 22.7 Å². The molecule has 3 aromatic carbocycles. The zero-order valence-corrected chi connectivity index (χ0v) is 23.7. The van der Waals surface area contributed by atoms with Crippen molar-refractivity contribution in [2.24, 2.45) is 5.92 Å². The first-order valence-corrected chi connectivity index (χ1v) is 14.3. The van der Waals surface area contributed by atoms with Gasteiger partial charge in [0.1, 0.15) is 28.3 Å². The fraction of sp³-hybridized carbons (Fsp3) is 0.345. The van der Waals surface area contributed by atoms with E-state index in [0.29, 0.717) is 5.75 Å². The Balaban J connectivity index is 1.69. The molecule has 0 aliphatic carbocycles. The molecule has 1 heterocycles. The zero-order chi connectivity index (χ0) is 29.0. The predicted molar refractivity (Wildman–Crippen MR) is 150 cm³/mol. The van der Waals surface area contributed by atoms with Gasteiger partial charge in [0.2, 0.25) is 10.0 Å². The molecule has 0 saturated heterocycles. The molecule has 214 valence electrons. The fourth-order valence-corrected chi connectivity index (χ4v) is 6.36. The lowest BCUT2D eigenvalue weighted by Crippen LogP contribution is -2.50. The molecule has 0 spiro atoms. The summed E-state index contributed by atoms with van der Waals surface area (Å²) in [6, 6.07) is 16.9. The Kier molecular flexibility index (Phi) is 8.97. The van der Waals surface area contributed by atoms with E-state index in [-0.39, 0.29) is 41.9 Å². The average Bonchev–Trinajstić information content (AvgIpc) is 2.95. The summed E-state index contributed by atoms with van der Waals surface area (Å²) in [4.78, 5) is 14.2. The van der Waals surface area contributed by atoms with Crippen molar-refractivity contribution in [3.05, 3.63) is 72.5 Å². The number of hydrogen-bond acceptors (Lipinski definition) is 6. The largest absolute Gasteiger partial charge is 0.497 e. The Bertz CT molecular complexity index is 1450. The van der Waals surface area contributed by atoms with Crippen molar-refractivity contribution >= 4 is 21.7 Å². The molecule has 2 N–H and O–H groups in total. The first kappa shape index (κ1) is 29.3. The summed E-state index contributed by atoms with van der Waals surface area (Å²) in [6.07, 6.45) is -0.620. The van der Waals surface area contributed by atoms with Crippen molar-refractivity contribution in [3.63, 3.8) is 0 Å². The highest BCUT2D eigenvalue weighted by atomic mass is 32.2. The molecule has 0 saturated carbocycles. The zero-order valence-electron chi connectivity index (χ0n) is 22.9. The van der Waals surface area contributed by atoms with Gasteiger partial charge in [-0.15, -0.1) is 0 Å². The van der Waals surface area contributed by atoms with Gasteiger partial charge < -0.3 is 24.8 Å². The van der Waals surface area contributed by atoms with E-state index in [4.69, 9.17) is 9.47 Å². The Hall–Kier alpha value is -3.67. The standard InChI is InChI=1S/C29H34FN3O6S/c1-19-16-33(20(2)18-34)40(36,37)28-14-11-22(21-9-12-23(38-4)13-10-21)15-26(28)39-27(19)17-32(3)29(35)31-25-8-6-5-7-24(25)30/h5-15,19-20,27,34H,16-18H2,1-4H3,(H,31,35)/t19-,20+,27+/m0/s1. The van der Waals surface area contributed by atoms with E-state index in [1.54, 1.807) is 39.3 Å². The third-order valence-electron chi connectivity index (χ3n) is 7.01. The highest BCUT2D eigenvalue weighted by Crippen LogP contribution is 2.37. The summed E-state index contributed by atoms with van der Waals surface area (Å²) in [5.41, 5.74) is 1.61. The number of hydrogen-bond donors (Lipinski definition) is 2. The number of ether oxygens (including phenoxy) is 2. The lowest BCUT2D eigenvalue weighted by Gasteiger charge is -2.37. The molecule has 4 rings (SSSR count). The number of rotatable bonds is 7. The minimum absolute atomic E-state index is 0.0274. The molecule has 3 aromatic rings. The monoisotopic (exact) mass is 571 g/mol. The van der Waals surface area contributed by atoms with Crippen LogP contribution in [0.4, 0.5) is 14.9 Å². The normalized spacial score (nSPS) is 19.4. The molecule has 0 radical (unpaired) electrons. The van der Waals surface area contributed by atoms with Crippen molar-refractivity contribution in [3.8, 4) is 22.6 Å². The number of benzene rings is 3. The Morgan fingerprint density at radius 3 is 2.50 bits per heavy atom. The number of nitrogens with zero attached hydrogens (tertiary/aromatic N) is 2. The van der Waals surface area contributed by atoms with Crippen molar-refractivity contribution in [1.29, 1.82) is 0 Å². The van der Waals surface area contributed by atoms with Gasteiger partial charge >= 0.3 is 6.03 Å². The van der Waals surface area contributed by atoms with Gasteiger partial charge in [0, 0.05) is 25.6 Å². The second-order valence-corrected chi connectivity index (χ2v) is 11.8. The van der Waals surface area contributed by atoms with Crippen molar-refractivity contribution in [1.82, 2.24) is 9.21 Å². The molecule has 0 aromatic heterocycles. The molecule has 1 aliphatic heterocycles. The van der Waals surface area contributed by atoms with E-state index < -0.39 is 34.0 Å². The number of sulfonamides is 1. The number of amides is 2. The number of fused-ring (bicyclic) bond motifs is 1. The van der Waals surface area contributed by atoms with Crippen LogP contribution in [0.5, 0.6) is 11.5 Å². The number of carbonyl (C=O) groups excluding carboxylic acids is 1. The molecular formula is C29H34FN3O6S. The van der Waals surface area contributed by atoms with Crippen LogP contribution in [0.3, 0.4) is 0 Å². The molecule has 40 heavy (non-hydrogen) atoms. The number of likely N-dealkylation sites (N-methyl/N-ethyl adjacent to an activating group) is 1. The van der Waals surface area contributed by atoms with Gasteiger partial charge in [-0.05, 0) is 54.4 Å². The average molecular weight is 572 g/mol. The minimum atomic E-state index is -4.02.